The monoisotopic (exact) mass is 1570 g/mol. The lowest BCUT2D eigenvalue weighted by Gasteiger charge is -2.50. The molecule has 0 unspecified atom stereocenters. The summed E-state index contributed by atoms with van der Waals surface area (Å²) in [7, 11) is 0. The van der Waals surface area contributed by atoms with Crippen molar-refractivity contribution >= 4 is 112 Å². The fourth-order valence-electron chi connectivity index (χ4n) is 10.3. The summed E-state index contributed by atoms with van der Waals surface area (Å²) >= 11 is 23.1. The van der Waals surface area contributed by atoms with Gasteiger partial charge in [0, 0.05) is 37.3 Å². The van der Waals surface area contributed by atoms with Crippen molar-refractivity contribution in [3.63, 3.8) is 0 Å². The van der Waals surface area contributed by atoms with Crippen LogP contribution in [0.25, 0.3) is 0 Å². The van der Waals surface area contributed by atoms with Crippen molar-refractivity contribution in [1.29, 1.82) is 0 Å². The number of halogens is 7. The first-order chi connectivity index (χ1) is 36.7. The Labute approximate surface area is 497 Å². The van der Waals surface area contributed by atoms with Crippen molar-refractivity contribution in [1.82, 2.24) is 0 Å². The quantitative estimate of drug-likeness (QED) is 0.106. The second kappa shape index (κ2) is 28.4. The standard InChI is InChI=1S/C42H63Br7O28/c43-1-8-29-15(50)22(57)36(64-8)72-30-9(2-44)66-38(24(59)17(30)52)74-32-11(4-46)68-40(26(61)19(32)54)76-34-13(6-48)70-42(28(63)21(34)56)77-35-14(7-49)69-41(27(62)20(35)55)75-33-12(5-47)67-39(25(60)18(33)53)73-31-10(3-45)65-37(71-29)23(58)16(31)51/h8-42,50-63H,1-7H2/t8-,9-,10-,11-,12-,13-,14-,15-,16-,17-,18-,19-,20-,21-,22-,23-,24-,25-,26-,27-,28-,29-,30-,31-,32-,33-,34-,35-,36-,37-,38-,39-,40-,41-,42-/m1/s1. The van der Waals surface area contributed by atoms with Crippen LogP contribution in [-0.2, 0) is 66.3 Å². The Kier molecular flexibility index (Phi) is 24.0. The molecule has 0 saturated carbocycles. The average Bonchev–Trinajstić information content (AvgIpc) is 3.45. The van der Waals surface area contributed by atoms with E-state index in [1.165, 1.54) is 0 Å². The molecule has 21 heterocycles. The number of ether oxygens (including phenoxy) is 14. The van der Waals surface area contributed by atoms with Gasteiger partial charge in [0.05, 0.1) is 42.7 Å². The maximum atomic E-state index is 11.5. The predicted octanol–water partition coefficient (Wildman–Crippen LogP) is -5.41. The Morgan fingerprint density at radius 2 is 0.273 bits per heavy atom. The van der Waals surface area contributed by atoms with E-state index >= 15 is 0 Å². The molecule has 21 rings (SSSR count). The molecule has 21 aliphatic rings. The van der Waals surface area contributed by atoms with Crippen LogP contribution >= 0.6 is 112 Å². The normalized spacial score (nSPS) is 55.4. The fourth-order valence-corrected chi connectivity index (χ4v) is 13.9. The van der Waals surface area contributed by atoms with Gasteiger partial charge in [0.1, 0.15) is 128 Å². The van der Waals surface area contributed by atoms with Gasteiger partial charge in [0.2, 0.25) is 0 Å². The van der Waals surface area contributed by atoms with E-state index in [2.05, 4.69) is 112 Å². The van der Waals surface area contributed by atoms with E-state index < -0.39 is 215 Å². The maximum Gasteiger partial charge on any atom is 0.187 e. The number of hydrogen-bond acceptors (Lipinski definition) is 28. The molecule has 77 heavy (non-hydrogen) atoms. The number of aliphatic hydroxyl groups excluding tert-OH is 14. The summed E-state index contributed by atoms with van der Waals surface area (Å²) in [4.78, 5) is 0. The summed E-state index contributed by atoms with van der Waals surface area (Å²) in [5.41, 5.74) is 0. The predicted molar refractivity (Wildman–Crippen MR) is 275 cm³/mol. The van der Waals surface area contributed by atoms with Gasteiger partial charge in [-0.05, 0) is 0 Å². The molecule has 21 fully saturated rings. The Balaban J connectivity index is 1.08. The molecule has 448 valence electrons. The highest BCUT2D eigenvalue weighted by Gasteiger charge is 2.59. The first-order valence-electron chi connectivity index (χ1n) is 24.3. The third-order valence-corrected chi connectivity index (χ3v) is 19.1. The molecule has 0 radical (unpaired) electrons. The van der Waals surface area contributed by atoms with Crippen molar-refractivity contribution in [2.75, 3.05) is 37.3 Å². The van der Waals surface area contributed by atoms with Gasteiger partial charge in [0.25, 0.3) is 0 Å². The van der Waals surface area contributed by atoms with Gasteiger partial charge in [-0.2, -0.15) is 0 Å². The summed E-state index contributed by atoms with van der Waals surface area (Å²) in [6.45, 7) is 0. The smallest absolute Gasteiger partial charge is 0.187 e. The van der Waals surface area contributed by atoms with Crippen LogP contribution in [0.4, 0.5) is 0 Å². The van der Waals surface area contributed by atoms with E-state index in [1.54, 1.807) is 0 Å². The zero-order chi connectivity index (χ0) is 56.1. The Morgan fingerprint density at radius 3 is 0.364 bits per heavy atom. The van der Waals surface area contributed by atoms with Crippen molar-refractivity contribution in [2.24, 2.45) is 0 Å². The zero-order valence-corrected chi connectivity index (χ0v) is 50.9. The second-order valence-electron chi connectivity index (χ2n) is 19.5. The third kappa shape index (κ3) is 13.4. The van der Waals surface area contributed by atoms with Gasteiger partial charge in [-0.15, -0.1) is 0 Å². The van der Waals surface area contributed by atoms with Crippen LogP contribution in [0.2, 0.25) is 0 Å². The van der Waals surface area contributed by atoms with Crippen LogP contribution < -0.4 is 0 Å². The molecule has 35 heteroatoms. The van der Waals surface area contributed by atoms with Crippen molar-refractivity contribution in [2.45, 2.75) is 215 Å². The average molecular weight is 1580 g/mol. The van der Waals surface area contributed by atoms with Crippen LogP contribution in [0.5, 0.6) is 0 Å². The van der Waals surface area contributed by atoms with Crippen molar-refractivity contribution in [3.05, 3.63) is 0 Å². The third-order valence-electron chi connectivity index (χ3n) is 14.6. The first kappa shape index (κ1) is 65.2. The molecule has 14 N–H and O–H groups in total. The molecular weight excluding hydrogens is 1510 g/mol. The molecule has 21 saturated heterocycles. The minimum Gasteiger partial charge on any atom is -0.387 e. The number of rotatable bonds is 7. The Morgan fingerprint density at radius 1 is 0.169 bits per heavy atom. The molecule has 0 aromatic rings. The van der Waals surface area contributed by atoms with E-state index in [4.69, 9.17) is 66.3 Å². The van der Waals surface area contributed by atoms with E-state index in [0.717, 1.165) is 0 Å². The molecule has 35 atom stereocenters. The molecular formula is C42H63Br7O28. The summed E-state index contributed by atoms with van der Waals surface area (Å²) < 4.78 is 84.2. The van der Waals surface area contributed by atoms with Crippen LogP contribution in [0.3, 0.4) is 0 Å². The van der Waals surface area contributed by atoms with Crippen LogP contribution in [0.1, 0.15) is 0 Å². The highest BCUT2D eigenvalue weighted by atomic mass is 79.9. The molecule has 0 aliphatic carbocycles. The lowest BCUT2D eigenvalue weighted by molar-refractivity contribution is -0.388. The minimum atomic E-state index is -1.95. The van der Waals surface area contributed by atoms with Crippen LogP contribution in [0.15, 0.2) is 0 Å². The Bertz CT molecular complexity index is 1490. The van der Waals surface area contributed by atoms with Gasteiger partial charge in [-0.1, -0.05) is 112 Å². The van der Waals surface area contributed by atoms with Crippen molar-refractivity contribution in [3.8, 4) is 0 Å². The molecule has 0 aromatic carbocycles. The fraction of sp³-hybridized carbons (Fsp3) is 1.00. The number of hydrogen-bond donors (Lipinski definition) is 14. The summed E-state index contributed by atoms with van der Waals surface area (Å²) in [5.74, 6) is 0. The summed E-state index contributed by atoms with van der Waals surface area (Å²) in [6.07, 6.45) is -58.0. The van der Waals surface area contributed by atoms with E-state index in [0.29, 0.717) is 0 Å². The summed E-state index contributed by atoms with van der Waals surface area (Å²) in [5, 5.41) is 160. The van der Waals surface area contributed by atoms with E-state index in [1.807, 2.05) is 0 Å². The lowest BCUT2D eigenvalue weighted by Crippen LogP contribution is -2.68. The maximum absolute atomic E-state index is 11.5. The molecule has 0 spiro atoms. The second-order valence-corrected chi connectivity index (χ2v) is 24.0. The van der Waals surface area contributed by atoms with Gasteiger partial charge in [0.15, 0.2) is 44.0 Å². The van der Waals surface area contributed by atoms with E-state index in [9.17, 15) is 71.5 Å². The van der Waals surface area contributed by atoms with Crippen molar-refractivity contribution < 1.29 is 138 Å². The molecule has 14 bridgehead atoms. The molecule has 0 amide bonds. The zero-order valence-electron chi connectivity index (χ0n) is 39.8. The highest BCUT2D eigenvalue weighted by molar-refractivity contribution is 9.10. The van der Waals surface area contributed by atoms with Gasteiger partial charge < -0.3 is 138 Å². The minimum absolute atomic E-state index is 0.103. The Hall–Kier alpha value is 2.24. The van der Waals surface area contributed by atoms with E-state index in [-0.39, 0.29) is 37.3 Å². The van der Waals surface area contributed by atoms with Crippen LogP contribution in [0, 0.1) is 0 Å². The van der Waals surface area contributed by atoms with Crippen LogP contribution in [-0.4, -0.2) is 324 Å². The summed E-state index contributed by atoms with van der Waals surface area (Å²) in [6, 6.07) is 0. The van der Waals surface area contributed by atoms with Gasteiger partial charge >= 0.3 is 0 Å². The van der Waals surface area contributed by atoms with Gasteiger partial charge in [-0.25, -0.2) is 0 Å². The first-order valence-corrected chi connectivity index (χ1v) is 32.1. The molecule has 21 aliphatic heterocycles. The SMILES string of the molecule is O[C@@H]1[C@@H](O)[C@H]2O[C@H]3[C@H](O)[C@@H](O)[C@@H](O[C@H]4[C@H](O)[C@@H](O)[C@@H](O[C@H]5[C@H](O)[C@@H](O)[C@@H](O[C@H]6[C@H](O)[C@@H](O)[C@@H](O[C@H]7[C@H](O)[C@@H](O)[C@@H](O[C@H]8[C@H](O)[C@@H](O)[C@@H](O[C@@H]1[C@@H](CBr)O2)O[C@@H]8CBr)O[C@@H]7CBr)O[C@@H]6CBr)O[C@@H]5CBr)O[C@@H]4CBr)O[C@@H]3CBr. The highest BCUT2D eigenvalue weighted by Crippen LogP contribution is 2.40. The molecule has 0 aromatic heterocycles. The number of aliphatic hydroxyl groups is 14. The van der Waals surface area contributed by atoms with Gasteiger partial charge in [-0.3, -0.25) is 0 Å². The largest absolute Gasteiger partial charge is 0.387 e. The molecule has 28 nitrogen and oxygen atoms in total. The topological polar surface area (TPSA) is 412 Å². The lowest BCUT2D eigenvalue weighted by atomic mass is 9.95. The number of alkyl halides is 7.